The van der Waals surface area contributed by atoms with Gasteiger partial charge in [-0.05, 0) is 38.3 Å². The maximum atomic E-state index is 3.57. The number of hydrogen-bond acceptors (Lipinski definition) is 2. The van der Waals surface area contributed by atoms with Crippen molar-refractivity contribution in [2.45, 2.75) is 38.8 Å². The van der Waals surface area contributed by atoms with E-state index < -0.39 is 0 Å². The highest BCUT2D eigenvalue weighted by atomic mass is 32.1. The molecule has 1 aliphatic carbocycles. The minimum Gasteiger partial charge on any atom is -0.306 e. The van der Waals surface area contributed by atoms with E-state index >= 15 is 0 Å². The molecule has 0 bridgehead atoms. The predicted octanol–water partition coefficient (Wildman–Crippen LogP) is 3.25. The van der Waals surface area contributed by atoms with Gasteiger partial charge in [0.1, 0.15) is 0 Å². The lowest BCUT2D eigenvalue weighted by Crippen LogP contribution is -2.27. The number of nitrogens with one attached hydrogen (secondary N) is 1. The molecule has 1 aromatic heterocycles. The Balaban J connectivity index is 1.82. The minimum absolute atomic E-state index is 0.603. The van der Waals surface area contributed by atoms with Gasteiger partial charge in [0.15, 0.2) is 0 Å². The van der Waals surface area contributed by atoms with Crippen LogP contribution in [0.1, 0.15) is 29.0 Å². The number of rotatable bonds is 3. The van der Waals surface area contributed by atoms with Gasteiger partial charge in [0.2, 0.25) is 0 Å². The van der Waals surface area contributed by atoms with Gasteiger partial charge in [-0.3, -0.25) is 0 Å². The van der Waals surface area contributed by atoms with Gasteiger partial charge in [-0.15, -0.1) is 11.3 Å². The van der Waals surface area contributed by atoms with E-state index in [-0.39, 0.29) is 0 Å². The van der Waals surface area contributed by atoms with Crippen LogP contribution in [0.4, 0.5) is 0 Å². The molecular weight excluding hydrogens is 190 g/mol. The standard InChI is InChI=1S/C12H17NS/c1-10-7-8-12(14-10)9-13-11-5-3-2-4-6-11/h3,5,7-8,11,13H,2,4,6,9H2,1H3. The summed E-state index contributed by atoms with van der Waals surface area (Å²) in [5.41, 5.74) is 0. The summed E-state index contributed by atoms with van der Waals surface area (Å²) >= 11 is 1.89. The monoisotopic (exact) mass is 207 g/mol. The Morgan fingerprint density at radius 1 is 1.50 bits per heavy atom. The summed E-state index contributed by atoms with van der Waals surface area (Å²) < 4.78 is 0. The lowest BCUT2D eigenvalue weighted by molar-refractivity contribution is 0.525. The number of thiophene rings is 1. The molecule has 14 heavy (non-hydrogen) atoms. The van der Waals surface area contributed by atoms with Crippen molar-refractivity contribution in [2.75, 3.05) is 0 Å². The van der Waals surface area contributed by atoms with Gasteiger partial charge < -0.3 is 5.32 Å². The number of hydrogen-bond donors (Lipinski definition) is 1. The van der Waals surface area contributed by atoms with Crippen molar-refractivity contribution in [3.63, 3.8) is 0 Å². The van der Waals surface area contributed by atoms with Gasteiger partial charge in [0.25, 0.3) is 0 Å². The average molecular weight is 207 g/mol. The Morgan fingerprint density at radius 3 is 3.07 bits per heavy atom. The van der Waals surface area contributed by atoms with Crippen LogP contribution in [0.2, 0.25) is 0 Å². The van der Waals surface area contributed by atoms with Crippen molar-refractivity contribution in [2.24, 2.45) is 0 Å². The molecule has 2 heteroatoms. The summed E-state index contributed by atoms with van der Waals surface area (Å²) in [4.78, 5) is 2.85. The molecule has 0 fully saturated rings. The maximum Gasteiger partial charge on any atom is 0.0305 e. The fraction of sp³-hybridized carbons (Fsp3) is 0.500. The molecule has 1 unspecified atom stereocenters. The highest BCUT2D eigenvalue weighted by Crippen LogP contribution is 2.16. The Kier molecular flexibility index (Phi) is 3.38. The number of allylic oxidation sites excluding steroid dienone is 1. The highest BCUT2D eigenvalue weighted by Gasteiger charge is 2.07. The third-order valence-corrected chi connectivity index (χ3v) is 3.59. The first-order valence-corrected chi connectivity index (χ1v) is 6.11. The molecular formula is C12H17NS. The SMILES string of the molecule is Cc1ccc(CNC2C=CCCC2)s1. The predicted molar refractivity (Wildman–Crippen MR) is 62.7 cm³/mol. The zero-order chi connectivity index (χ0) is 9.80. The fourth-order valence-electron chi connectivity index (χ4n) is 1.79. The second-order valence-electron chi connectivity index (χ2n) is 3.86. The summed E-state index contributed by atoms with van der Waals surface area (Å²) in [5.74, 6) is 0. The van der Waals surface area contributed by atoms with Crippen LogP contribution in [0, 0.1) is 6.92 Å². The first kappa shape index (κ1) is 9.94. The third-order valence-electron chi connectivity index (χ3n) is 2.59. The smallest absolute Gasteiger partial charge is 0.0305 e. The first-order valence-electron chi connectivity index (χ1n) is 5.30. The van der Waals surface area contributed by atoms with E-state index in [0.717, 1.165) is 6.54 Å². The van der Waals surface area contributed by atoms with Crippen molar-refractivity contribution in [1.82, 2.24) is 5.32 Å². The first-order chi connectivity index (χ1) is 6.84. The topological polar surface area (TPSA) is 12.0 Å². The van der Waals surface area contributed by atoms with Gasteiger partial charge in [-0.25, -0.2) is 0 Å². The summed E-state index contributed by atoms with van der Waals surface area (Å²) in [6, 6.07) is 5.02. The van der Waals surface area contributed by atoms with E-state index in [0.29, 0.717) is 6.04 Å². The van der Waals surface area contributed by atoms with Crippen molar-refractivity contribution in [3.8, 4) is 0 Å². The quantitative estimate of drug-likeness (QED) is 0.750. The van der Waals surface area contributed by atoms with E-state index in [9.17, 15) is 0 Å². The molecule has 0 aromatic carbocycles. The second-order valence-corrected chi connectivity index (χ2v) is 5.23. The van der Waals surface area contributed by atoms with Crippen LogP contribution in [0.25, 0.3) is 0 Å². The van der Waals surface area contributed by atoms with E-state index in [4.69, 9.17) is 0 Å². The molecule has 1 nitrogen and oxygen atoms in total. The Hall–Kier alpha value is -0.600. The van der Waals surface area contributed by atoms with Crippen LogP contribution in [-0.4, -0.2) is 6.04 Å². The van der Waals surface area contributed by atoms with Crippen LogP contribution in [-0.2, 0) is 6.54 Å². The molecule has 1 aromatic rings. The Bertz CT molecular complexity index is 314. The van der Waals surface area contributed by atoms with Gasteiger partial charge in [0.05, 0.1) is 0 Å². The van der Waals surface area contributed by atoms with Crippen molar-refractivity contribution in [3.05, 3.63) is 34.0 Å². The lowest BCUT2D eigenvalue weighted by Gasteiger charge is -2.17. The molecule has 2 rings (SSSR count). The van der Waals surface area contributed by atoms with Gasteiger partial charge >= 0.3 is 0 Å². The molecule has 1 heterocycles. The van der Waals surface area contributed by atoms with E-state index in [1.54, 1.807) is 0 Å². The van der Waals surface area contributed by atoms with Crippen molar-refractivity contribution in [1.29, 1.82) is 0 Å². The van der Waals surface area contributed by atoms with Crippen LogP contribution in [0.15, 0.2) is 24.3 Å². The minimum atomic E-state index is 0.603. The van der Waals surface area contributed by atoms with Crippen LogP contribution < -0.4 is 5.32 Å². The van der Waals surface area contributed by atoms with Gasteiger partial charge in [0, 0.05) is 22.3 Å². The fourth-order valence-corrected chi connectivity index (χ4v) is 2.64. The molecule has 0 amide bonds. The molecule has 76 valence electrons. The summed E-state index contributed by atoms with van der Waals surface area (Å²) in [7, 11) is 0. The Morgan fingerprint density at radius 2 is 2.43 bits per heavy atom. The average Bonchev–Trinajstić information content (AvgIpc) is 2.63. The maximum absolute atomic E-state index is 3.57. The summed E-state index contributed by atoms with van der Waals surface area (Å²) in [6.45, 7) is 3.18. The summed E-state index contributed by atoms with van der Waals surface area (Å²) in [6.07, 6.45) is 8.49. The molecule has 0 saturated carbocycles. The summed E-state index contributed by atoms with van der Waals surface area (Å²) in [5, 5.41) is 3.57. The van der Waals surface area contributed by atoms with Crippen LogP contribution in [0.3, 0.4) is 0 Å². The largest absolute Gasteiger partial charge is 0.306 e. The third kappa shape index (κ3) is 2.69. The second kappa shape index (κ2) is 4.76. The van der Waals surface area contributed by atoms with Crippen molar-refractivity contribution >= 4 is 11.3 Å². The van der Waals surface area contributed by atoms with E-state index in [1.165, 1.54) is 29.0 Å². The highest BCUT2D eigenvalue weighted by molar-refractivity contribution is 7.11. The number of aryl methyl sites for hydroxylation is 1. The molecule has 0 aliphatic heterocycles. The Labute approximate surface area is 89.8 Å². The normalized spacial score (nSPS) is 21.4. The lowest BCUT2D eigenvalue weighted by atomic mass is 10.0. The molecule has 0 spiro atoms. The van der Waals surface area contributed by atoms with Crippen LogP contribution in [0.5, 0.6) is 0 Å². The molecule has 1 atom stereocenters. The zero-order valence-electron chi connectivity index (χ0n) is 8.62. The molecule has 0 radical (unpaired) electrons. The molecule has 1 aliphatic rings. The van der Waals surface area contributed by atoms with Crippen molar-refractivity contribution < 1.29 is 0 Å². The van der Waals surface area contributed by atoms with Gasteiger partial charge in [-0.2, -0.15) is 0 Å². The van der Waals surface area contributed by atoms with E-state index in [1.807, 2.05) is 11.3 Å². The molecule has 1 N–H and O–H groups in total. The zero-order valence-corrected chi connectivity index (χ0v) is 9.44. The van der Waals surface area contributed by atoms with Gasteiger partial charge in [-0.1, -0.05) is 12.2 Å². The molecule has 0 saturated heterocycles. The van der Waals surface area contributed by atoms with Crippen LogP contribution >= 0.6 is 11.3 Å². The van der Waals surface area contributed by atoms with E-state index in [2.05, 4.69) is 36.5 Å².